The zero-order valence-corrected chi connectivity index (χ0v) is 11.7. The minimum atomic E-state index is -0.0564. The molecule has 0 aliphatic carbocycles. The molecule has 0 aromatic heterocycles. The number of amides is 2. The van der Waals surface area contributed by atoms with Crippen LogP contribution in [0.25, 0.3) is 0 Å². The van der Waals surface area contributed by atoms with Gasteiger partial charge in [-0.3, -0.25) is 9.59 Å². The number of hydrogen-bond acceptors (Lipinski definition) is 3. The Morgan fingerprint density at radius 2 is 2.00 bits per heavy atom. The molecule has 0 atom stereocenters. The average molecular weight is 263 g/mol. The molecule has 19 heavy (non-hydrogen) atoms. The van der Waals surface area contributed by atoms with E-state index in [2.05, 4.69) is 10.6 Å². The van der Waals surface area contributed by atoms with Crippen LogP contribution in [0.3, 0.4) is 0 Å². The van der Waals surface area contributed by atoms with Crippen molar-refractivity contribution in [1.29, 1.82) is 0 Å². The van der Waals surface area contributed by atoms with Crippen molar-refractivity contribution < 1.29 is 9.59 Å². The van der Waals surface area contributed by atoms with Crippen LogP contribution in [0.5, 0.6) is 0 Å². The molecule has 0 aliphatic heterocycles. The van der Waals surface area contributed by atoms with Crippen LogP contribution in [0.1, 0.15) is 23.7 Å². The van der Waals surface area contributed by atoms with Gasteiger partial charge >= 0.3 is 0 Å². The Bertz CT molecular complexity index is 444. The molecule has 5 heteroatoms. The molecule has 2 N–H and O–H groups in total. The zero-order chi connectivity index (χ0) is 14.3. The summed E-state index contributed by atoms with van der Waals surface area (Å²) in [6.07, 6.45) is 0.915. The summed E-state index contributed by atoms with van der Waals surface area (Å²) in [4.78, 5) is 24.8. The van der Waals surface area contributed by atoms with Gasteiger partial charge in [-0.1, -0.05) is 13.0 Å². The maximum absolute atomic E-state index is 11.8. The lowest BCUT2D eigenvalue weighted by Gasteiger charge is -2.12. The highest BCUT2D eigenvalue weighted by Crippen LogP contribution is 2.11. The molecule has 0 aliphatic rings. The number of nitrogens with one attached hydrogen (secondary N) is 2. The van der Waals surface area contributed by atoms with Crippen molar-refractivity contribution in [1.82, 2.24) is 10.2 Å². The van der Waals surface area contributed by atoms with E-state index in [0.29, 0.717) is 12.1 Å². The van der Waals surface area contributed by atoms with Crippen LogP contribution in [-0.2, 0) is 4.79 Å². The maximum Gasteiger partial charge on any atom is 0.253 e. The van der Waals surface area contributed by atoms with Crippen LogP contribution >= 0.6 is 0 Å². The molecule has 1 aromatic carbocycles. The Hall–Kier alpha value is -2.04. The highest BCUT2D eigenvalue weighted by atomic mass is 16.2. The van der Waals surface area contributed by atoms with Crippen molar-refractivity contribution in [3.63, 3.8) is 0 Å². The predicted octanol–water partition coefficient (Wildman–Crippen LogP) is 1.33. The summed E-state index contributed by atoms with van der Waals surface area (Å²) in [5.41, 5.74) is 1.36. The Labute approximate surface area is 114 Å². The number of carbonyl (C=O) groups is 2. The Morgan fingerprint density at radius 1 is 1.26 bits per heavy atom. The topological polar surface area (TPSA) is 61.4 Å². The monoisotopic (exact) mass is 263 g/mol. The van der Waals surface area contributed by atoms with Gasteiger partial charge in [-0.25, -0.2) is 0 Å². The molecule has 5 nitrogen and oxygen atoms in total. The first-order valence-electron chi connectivity index (χ1n) is 6.37. The number of hydrogen-bond donors (Lipinski definition) is 2. The molecule has 0 unspecified atom stereocenters. The lowest BCUT2D eigenvalue weighted by Crippen LogP contribution is -2.30. The summed E-state index contributed by atoms with van der Waals surface area (Å²) in [5.74, 6) is -0.106. The van der Waals surface area contributed by atoms with E-state index in [4.69, 9.17) is 0 Å². The second-order valence-electron chi connectivity index (χ2n) is 4.48. The van der Waals surface area contributed by atoms with Crippen LogP contribution in [0, 0.1) is 0 Å². The van der Waals surface area contributed by atoms with Gasteiger partial charge in [-0.05, 0) is 24.6 Å². The van der Waals surface area contributed by atoms with E-state index in [0.717, 1.165) is 12.1 Å². The lowest BCUT2D eigenvalue weighted by atomic mass is 10.2. The van der Waals surface area contributed by atoms with E-state index in [9.17, 15) is 9.59 Å². The number of carbonyl (C=O) groups excluding carboxylic acids is 2. The maximum atomic E-state index is 11.8. The van der Waals surface area contributed by atoms with Gasteiger partial charge in [-0.2, -0.15) is 0 Å². The Morgan fingerprint density at radius 3 is 2.63 bits per heavy atom. The van der Waals surface area contributed by atoms with Crippen LogP contribution < -0.4 is 10.6 Å². The highest BCUT2D eigenvalue weighted by molar-refractivity contribution is 5.94. The van der Waals surface area contributed by atoms with Crippen molar-refractivity contribution in [3.8, 4) is 0 Å². The van der Waals surface area contributed by atoms with Gasteiger partial charge < -0.3 is 15.5 Å². The average Bonchev–Trinajstić information content (AvgIpc) is 2.42. The van der Waals surface area contributed by atoms with E-state index in [-0.39, 0.29) is 18.4 Å². The first-order chi connectivity index (χ1) is 9.04. The second-order valence-corrected chi connectivity index (χ2v) is 4.48. The number of rotatable bonds is 6. The van der Waals surface area contributed by atoms with Crippen LogP contribution in [0.15, 0.2) is 24.3 Å². The highest BCUT2D eigenvalue weighted by Gasteiger charge is 2.08. The molecule has 0 bridgehead atoms. The minimum Gasteiger partial charge on any atom is -0.376 e. The normalized spacial score (nSPS) is 9.84. The standard InChI is InChI=1S/C14H21N3O2/c1-4-8-15-13(18)10-16-12-7-5-6-11(9-12)14(19)17(2)3/h5-7,9,16H,4,8,10H2,1-3H3,(H,15,18). The summed E-state index contributed by atoms with van der Waals surface area (Å²) < 4.78 is 0. The van der Waals surface area contributed by atoms with E-state index in [1.54, 1.807) is 32.3 Å². The third-order valence-corrected chi connectivity index (χ3v) is 2.54. The van der Waals surface area contributed by atoms with Gasteiger partial charge in [0.05, 0.1) is 6.54 Å². The molecule has 0 spiro atoms. The molecule has 104 valence electrons. The molecule has 0 saturated carbocycles. The van der Waals surface area contributed by atoms with E-state index >= 15 is 0 Å². The molecule has 0 radical (unpaired) electrons. The van der Waals surface area contributed by atoms with Crippen molar-refractivity contribution in [2.75, 3.05) is 32.5 Å². The third kappa shape index (κ3) is 4.99. The molecule has 1 aromatic rings. The minimum absolute atomic E-state index is 0.0498. The first kappa shape index (κ1) is 15.0. The fourth-order valence-electron chi connectivity index (χ4n) is 1.53. The lowest BCUT2D eigenvalue weighted by molar-refractivity contribution is -0.119. The van der Waals surface area contributed by atoms with Gasteiger partial charge in [0, 0.05) is 31.9 Å². The summed E-state index contributed by atoms with van der Waals surface area (Å²) in [7, 11) is 3.42. The van der Waals surface area contributed by atoms with Gasteiger partial charge in [0.1, 0.15) is 0 Å². The molecule has 2 amide bonds. The number of benzene rings is 1. The SMILES string of the molecule is CCCNC(=O)CNc1cccc(C(=O)N(C)C)c1. The van der Waals surface area contributed by atoms with Crippen LogP contribution in [0.4, 0.5) is 5.69 Å². The molecule has 0 fully saturated rings. The summed E-state index contributed by atoms with van der Waals surface area (Å²) in [6.45, 7) is 2.89. The van der Waals surface area contributed by atoms with Gasteiger partial charge in [0.25, 0.3) is 5.91 Å². The fourth-order valence-corrected chi connectivity index (χ4v) is 1.53. The van der Waals surface area contributed by atoms with E-state index in [1.165, 1.54) is 4.90 Å². The van der Waals surface area contributed by atoms with E-state index in [1.807, 2.05) is 13.0 Å². The zero-order valence-electron chi connectivity index (χ0n) is 11.7. The quantitative estimate of drug-likeness (QED) is 0.814. The summed E-state index contributed by atoms with van der Waals surface area (Å²) in [5, 5.41) is 5.79. The predicted molar refractivity (Wildman–Crippen MR) is 76.2 cm³/mol. The van der Waals surface area contributed by atoms with Gasteiger partial charge in [0.15, 0.2) is 0 Å². The van der Waals surface area contributed by atoms with Crippen molar-refractivity contribution >= 4 is 17.5 Å². The van der Waals surface area contributed by atoms with E-state index < -0.39 is 0 Å². The largest absolute Gasteiger partial charge is 0.376 e. The van der Waals surface area contributed by atoms with Crippen LogP contribution in [0.2, 0.25) is 0 Å². The Kier molecular flexibility index (Phi) is 5.85. The molecular formula is C14H21N3O2. The molecule has 0 heterocycles. The van der Waals surface area contributed by atoms with Gasteiger partial charge in [0.2, 0.25) is 5.91 Å². The van der Waals surface area contributed by atoms with Crippen LogP contribution in [-0.4, -0.2) is 43.9 Å². The van der Waals surface area contributed by atoms with Gasteiger partial charge in [-0.15, -0.1) is 0 Å². The number of anilines is 1. The third-order valence-electron chi connectivity index (χ3n) is 2.54. The second kappa shape index (κ2) is 7.41. The first-order valence-corrected chi connectivity index (χ1v) is 6.37. The fraction of sp³-hybridized carbons (Fsp3) is 0.429. The Balaban J connectivity index is 2.58. The smallest absolute Gasteiger partial charge is 0.253 e. The number of nitrogens with zero attached hydrogens (tertiary/aromatic N) is 1. The van der Waals surface area contributed by atoms with Crippen molar-refractivity contribution in [2.24, 2.45) is 0 Å². The van der Waals surface area contributed by atoms with Crippen molar-refractivity contribution in [3.05, 3.63) is 29.8 Å². The van der Waals surface area contributed by atoms with Crippen molar-refractivity contribution in [2.45, 2.75) is 13.3 Å². The summed E-state index contributed by atoms with van der Waals surface area (Å²) >= 11 is 0. The molecular weight excluding hydrogens is 242 g/mol. The molecule has 0 saturated heterocycles. The summed E-state index contributed by atoms with van der Waals surface area (Å²) in [6, 6.07) is 7.13. The molecule has 1 rings (SSSR count).